The molecule has 0 radical (unpaired) electrons. The van der Waals surface area contributed by atoms with E-state index in [2.05, 4.69) is 5.32 Å². The van der Waals surface area contributed by atoms with Crippen LogP contribution in [0, 0.1) is 0 Å². The maximum Gasteiger partial charge on any atom is 0.243 e. The van der Waals surface area contributed by atoms with Gasteiger partial charge in [-0.05, 0) is 71.6 Å². The van der Waals surface area contributed by atoms with Crippen molar-refractivity contribution < 1.29 is 17.9 Å². The van der Waals surface area contributed by atoms with E-state index in [0.29, 0.717) is 29.4 Å². The molecule has 0 spiro atoms. The number of anilines is 1. The smallest absolute Gasteiger partial charge is 0.243 e. The predicted molar refractivity (Wildman–Crippen MR) is 125 cm³/mol. The number of carbonyl (C=O) groups excluding carboxylic acids is 1. The third kappa shape index (κ3) is 4.96. The summed E-state index contributed by atoms with van der Waals surface area (Å²) in [5.41, 5.74) is 3.48. The van der Waals surface area contributed by atoms with Crippen molar-refractivity contribution in [3.8, 4) is 5.75 Å². The zero-order valence-electron chi connectivity index (χ0n) is 17.5. The van der Waals surface area contributed by atoms with Crippen LogP contribution in [0.3, 0.4) is 0 Å². The lowest BCUT2D eigenvalue weighted by Crippen LogP contribution is -2.36. The Balaban J connectivity index is 1.47. The van der Waals surface area contributed by atoms with E-state index in [1.54, 1.807) is 36.4 Å². The number of methoxy groups -OCH3 is 1. The molecule has 0 aliphatic carbocycles. The Hall–Kier alpha value is -2.87. The molecule has 3 aromatic carbocycles. The molecule has 0 aromatic heterocycles. The second-order valence-corrected chi connectivity index (χ2v) is 9.97. The summed E-state index contributed by atoms with van der Waals surface area (Å²) in [6.07, 6.45) is 0.843. The number of hydrogen-bond donors (Lipinski definition) is 1. The summed E-state index contributed by atoms with van der Waals surface area (Å²) < 4.78 is 32.8. The predicted octanol–water partition coefficient (Wildman–Crippen LogP) is 4.28. The number of nitrogens with zero attached hydrogens (tertiary/aromatic N) is 1. The van der Waals surface area contributed by atoms with Gasteiger partial charge in [-0.25, -0.2) is 8.42 Å². The van der Waals surface area contributed by atoms with Crippen LogP contribution in [0.15, 0.2) is 71.6 Å². The van der Waals surface area contributed by atoms with Crippen molar-refractivity contribution in [3.63, 3.8) is 0 Å². The standard InChI is InChI=1S/C24H23ClN2O4S/c1-31-22-8-10-23(11-9-22)32(29,30)27-13-12-18-4-7-21(15-19(18)16-27)26-24(28)14-17-2-5-20(25)6-3-17/h2-11,15H,12-14,16H2,1H3,(H,26,28). The number of hydrogen-bond acceptors (Lipinski definition) is 4. The average molecular weight is 471 g/mol. The lowest BCUT2D eigenvalue weighted by atomic mass is 10.0. The topological polar surface area (TPSA) is 75.7 Å². The molecule has 1 aliphatic heterocycles. The van der Waals surface area contributed by atoms with Gasteiger partial charge in [-0.1, -0.05) is 29.8 Å². The van der Waals surface area contributed by atoms with Crippen LogP contribution in [0.2, 0.25) is 5.02 Å². The van der Waals surface area contributed by atoms with Gasteiger partial charge >= 0.3 is 0 Å². The van der Waals surface area contributed by atoms with Crippen molar-refractivity contribution in [2.75, 3.05) is 19.0 Å². The second kappa shape index (κ2) is 9.32. The van der Waals surface area contributed by atoms with Gasteiger partial charge in [0.15, 0.2) is 0 Å². The molecule has 1 aliphatic rings. The highest BCUT2D eigenvalue weighted by Crippen LogP contribution is 2.28. The highest BCUT2D eigenvalue weighted by Gasteiger charge is 2.28. The molecule has 0 saturated heterocycles. The van der Waals surface area contributed by atoms with Gasteiger partial charge in [0.2, 0.25) is 15.9 Å². The van der Waals surface area contributed by atoms with E-state index in [4.69, 9.17) is 16.3 Å². The summed E-state index contributed by atoms with van der Waals surface area (Å²) in [6, 6.07) is 19.2. The first kappa shape index (κ1) is 22.3. The van der Waals surface area contributed by atoms with Crippen LogP contribution in [-0.2, 0) is 34.2 Å². The number of ether oxygens (including phenoxy) is 1. The Morgan fingerprint density at radius 2 is 1.75 bits per heavy atom. The average Bonchev–Trinajstić information content (AvgIpc) is 2.80. The summed E-state index contributed by atoms with van der Waals surface area (Å²) >= 11 is 5.89. The molecule has 1 amide bonds. The largest absolute Gasteiger partial charge is 0.497 e. The van der Waals surface area contributed by atoms with Crippen molar-refractivity contribution in [2.45, 2.75) is 24.3 Å². The molecule has 3 aromatic rings. The van der Waals surface area contributed by atoms with Gasteiger partial charge in [0, 0.05) is 23.8 Å². The number of nitrogens with one attached hydrogen (secondary N) is 1. The van der Waals surface area contributed by atoms with E-state index in [1.807, 2.05) is 30.3 Å². The molecule has 4 rings (SSSR count). The molecule has 0 bridgehead atoms. The Labute approximate surface area is 192 Å². The minimum atomic E-state index is -3.63. The van der Waals surface area contributed by atoms with Gasteiger partial charge in [0.05, 0.1) is 18.4 Å². The Morgan fingerprint density at radius 1 is 1.03 bits per heavy atom. The van der Waals surface area contributed by atoms with Crippen LogP contribution < -0.4 is 10.1 Å². The van der Waals surface area contributed by atoms with Crippen LogP contribution in [0.4, 0.5) is 5.69 Å². The Kier molecular flexibility index (Phi) is 6.50. The minimum Gasteiger partial charge on any atom is -0.497 e. The Morgan fingerprint density at radius 3 is 2.44 bits per heavy atom. The fourth-order valence-corrected chi connectivity index (χ4v) is 5.25. The lowest BCUT2D eigenvalue weighted by molar-refractivity contribution is -0.115. The first-order valence-corrected chi connectivity index (χ1v) is 12.0. The molecule has 0 unspecified atom stereocenters. The summed E-state index contributed by atoms with van der Waals surface area (Å²) in [6.45, 7) is 0.661. The molecule has 0 atom stereocenters. The third-order valence-electron chi connectivity index (χ3n) is 5.44. The number of benzene rings is 3. The van der Waals surface area contributed by atoms with E-state index in [9.17, 15) is 13.2 Å². The fourth-order valence-electron chi connectivity index (χ4n) is 3.70. The first-order valence-electron chi connectivity index (χ1n) is 10.2. The van der Waals surface area contributed by atoms with E-state index in [1.165, 1.54) is 11.4 Å². The number of fused-ring (bicyclic) bond motifs is 1. The maximum absolute atomic E-state index is 13.1. The zero-order chi connectivity index (χ0) is 22.7. The third-order valence-corrected chi connectivity index (χ3v) is 7.55. The summed E-state index contributed by atoms with van der Waals surface area (Å²) in [5.74, 6) is 0.456. The normalized spacial score (nSPS) is 13.9. The van der Waals surface area contributed by atoms with Crippen molar-refractivity contribution in [2.24, 2.45) is 0 Å². The molecule has 0 fully saturated rings. The molecule has 8 heteroatoms. The second-order valence-electron chi connectivity index (χ2n) is 7.60. The minimum absolute atomic E-state index is 0.147. The van der Waals surface area contributed by atoms with Crippen molar-refractivity contribution in [1.29, 1.82) is 0 Å². The van der Waals surface area contributed by atoms with Crippen molar-refractivity contribution in [3.05, 3.63) is 88.4 Å². The molecular formula is C24H23ClN2O4S. The number of sulfonamides is 1. The van der Waals surface area contributed by atoms with Crippen molar-refractivity contribution in [1.82, 2.24) is 4.31 Å². The van der Waals surface area contributed by atoms with E-state index < -0.39 is 10.0 Å². The summed E-state index contributed by atoms with van der Waals surface area (Å²) in [4.78, 5) is 12.7. The highest BCUT2D eigenvalue weighted by atomic mass is 35.5. The number of rotatable bonds is 6. The van der Waals surface area contributed by atoms with Crippen LogP contribution in [-0.4, -0.2) is 32.3 Å². The molecule has 0 saturated carbocycles. The van der Waals surface area contributed by atoms with Gasteiger partial charge in [0.1, 0.15) is 5.75 Å². The SMILES string of the molecule is COc1ccc(S(=O)(=O)N2CCc3ccc(NC(=O)Cc4ccc(Cl)cc4)cc3C2)cc1. The number of amides is 1. The van der Waals surface area contributed by atoms with Crippen LogP contribution >= 0.6 is 11.6 Å². The van der Waals surface area contributed by atoms with Crippen LogP contribution in [0.5, 0.6) is 5.75 Å². The highest BCUT2D eigenvalue weighted by molar-refractivity contribution is 7.89. The van der Waals surface area contributed by atoms with Crippen molar-refractivity contribution >= 4 is 33.2 Å². The van der Waals surface area contributed by atoms with E-state index >= 15 is 0 Å². The summed E-state index contributed by atoms with van der Waals surface area (Å²) in [7, 11) is -2.09. The van der Waals surface area contributed by atoms with Crippen LogP contribution in [0.25, 0.3) is 0 Å². The van der Waals surface area contributed by atoms with Crippen LogP contribution in [0.1, 0.15) is 16.7 Å². The molecule has 166 valence electrons. The molecule has 1 heterocycles. The first-order chi connectivity index (χ1) is 15.3. The lowest BCUT2D eigenvalue weighted by Gasteiger charge is -2.28. The molecule has 6 nitrogen and oxygen atoms in total. The quantitative estimate of drug-likeness (QED) is 0.583. The zero-order valence-corrected chi connectivity index (χ0v) is 19.1. The number of carbonyl (C=O) groups is 1. The van der Waals surface area contributed by atoms with Gasteiger partial charge in [-0.3, -0.25) is 4.79 Å². The van der Waals surface area contributed by atoms with Gasteiger partial charge < -0.3 is 10.1 Å². The maximum atomic E-state index is 13.1. The van der Waals surface area contributed by atoms with Gasteiger partial charge in [-0.2, -0.15) is 4.31 Å². The Bertz CT molecular complexity index is 1230. The van der Waals surface area contributed by atoms with Gasteiger partial charge in [-0.15, -0.1) is 0 Å². The molecule has 1 N–H and O–H groups in total. The molecule has 32 heavy (non-hydrogen) atoms. The van der Waals surface area contributed by atoms with E-state index in [-0.39, 0.29) is 23.8 Å². The fraction of sp³-hybridized carbons (Fsp3) is 0.208. The summed E-state index contributed by atoms with van der Waals surface area (Å²) in [5, 5.41) is 3.52. The van der Waals surface area contributed by atoms with E-state index in [0.717, 1.165) is 16.7 Å². The monoisotopic (exact) mass is 470 g/mol. The molecular weight excluding hydrogens is 448 g/mol. The number of halogens is 1. The van der Waals surface area contributed by atoms with Gasteiger partial charge in [0.25, 0.3) is 0 Å².